The molecular formula is C24H30N4O4. The number of aliphatic hydroxyl groups is 1. The van der Waals surface area contributed by atoms with Gasteiger partial charge < -0.3 is 14.7 Å². The van der Waals surface area contributed by atoms with Gasteiger partial charge >= 0.3 is 0 Å². The Kier molecular flexibility index (Phi) is 5.90. The van der Waals surface area contributed by atoms with Gasteiger partial charge in [0.25, 0.3) is 5.91 Å². The predicted octanol–water partition coefficient (Wildman–Crippen LogP) is 2.71. The molecular weight excluding hydrogens is 408 g/mol. The van der Waals surface area contributed by atoms with Crippen molar-refractivity contribution in [3.63, 3.8) is 0 Å². The van der Waals surface area contributed by atoms with Gasteiger partial charge in [0.1, 0.15) is 17.2 Å². The highest BCUT2D eigenvalue weighted by Crippen LogP contribution is 2.36. The summed E-state index contributed by atoms with van der Waals surface area (Å²) in [5.41, 5.74) is 1.22. The van der Waals surface area contributed by atoms with Gasteiger partial charge in [0.2, 0.25) is 5.91 Å². The predicted molar refractivity (Wildman–Crippen MR) is 119 cm³/mol. The summed E-state index contributed by atoms with van der Waals surface area (Å²) in [5.74, 6) is 1.52. The van der Waals surface area contributed by atoms with Crippen LogP contribution in [0.5, 0.6) is 5.75 Å². The quantitative estimate of drug-likeness (QED) is 0.771. The standard InChI is InChI=1S/C24H30N4O4/c1-15-17-11-12-20(29)28(14-16-8-5-6-10-19(16)32-4)22(17)26-21(25-15)18-9-7-13-27(18)23(30)24(2,3)31/h5-6,8,10,18,31H,7,9,11-14H2,1-4H3/t18-/m1/s1. The highest BCUT2D eigenvalue weighted by Gasteiger charge is 2.39. The second kappa shape index (κ2) is 8.50. The van der Waals surface area contributed by atoms with Gasteiger partial charge in [0.05, 0.1) is 19.7 Å². The van der Waals surface area contributed by atoms with E-state index in [9.17, 15) is 14.7 Å². The van der Waals surface area contributed by atoms with E-state index in [1.54, 1.807) is 16.9 Å². The molecule has 2 aliphatic heterocycles. The summed E-state index contributed by atoms with van der Waals surface area (Å²) in [6.07, 6.45) is 2.54. The Bertz CT molecular complexity index is 1050. The minimum Gasteiger partial charge on any atom is -0.496 e. The van der Waals surface area contributed by atoms with Crippen LogP contribution in [0.4, 0.5) is 5.82 Å². The van der Waals surface area contributed by atoms with Crippen molar-refractivity contribution in [1.29, 1.82) is 0 Å². The van der Waals surface area contributed by atoms with Crippen LogP contribution in [-0.2, 0) is 22.6 Å². The number of nitrogens with zero attached hydrogens (tertiary/aromatic N) is 4. The molecule has 3 heterocycles. The average molecular weight is 439 g/mol. The number of anilines is 1. The Morgan fingerprint density at radius 3 is 2.72 bits per heavy atom. The fourth-order valence-corrected chi connectivity index (χ4v) is 4.55. The average Bonchev–Trinajstić information content (AvgIpc) is 3.24. The fraction of sp³-hybridized carbons (Fsp3) is 0.500. The smallest absolute Gasteiger partial charge is 0.254 e. The van der Waals surface area contributed by atoms with Crippen molar-refractivity contribution >= 4 is 17.6 Å². The largest absolute Gasteiger partial charge is 0.496 e. The number of carbonyl (C=O) groups is 2. The van der Waals surface area contributed by atoms with Crippen LogP contribution in [0, 0.1) is 6.92 Å². The molecule has 8 nitrogen and oxygen atoms in total. The number of fused-ring (bicyclic) bond motifs is 1. The molecule has 0 saturated carbocycles. The van der Waals surface area contributed by atoms with Gasteiger partial charge in [-0.25, -0.2) is 9.97 Å². The number of amides is 2. The molecule has 1 aromatic heterocycles. The molecule has 2 aliphatic rings. The SMILES string of the molecule is COc1ccccc1CN1C(=O)CCc2c(C)nc([C@H]3CCCN3C(=O)C(C)(C)O)nc21. The first kappa shape index (κ1) is 22.2. The highest BCUT2D eigenvalue weighted by molar-refractivity contribution is 5.95. The van der Waals surface area contributed by atoms with Crippen molar-refractivity contribution < 1.29 is 19.4 Å². The Hall–Kier alpha value is -3.00. The van der Waals surface area contributed by atoms with Crippen molar-refractivity contribution in [3.05, 3.63) is 46.9 Å². The molecule has 2 aromatic rings. The molecule has 4 rings (SSSR count). The van der Waals surface area contributed by atoms with E-state index in [-0.39, 0.29) is 17.9 Å². The third-order valence-electron chi connectivity index (χ3n) is 6.21. The summed E-state index contributed by atoms with van der Waals surface area (Å²) >= 11 is 0. The molecule has 32 heavy (non-hydrogen) atoms. The minimum absolute atomic E-state index is 0.00306. The maximum Gasteiger partial charge on any atom is 0.254 e. The Morgan fingerprint density at radius 1 is 1.25 bits per heavy atom. The summed E-state index contributed by atoms with van der Waals surface area (Å²) in [6, 6.07) is 7.31. The number of hydrogen-bond acceptors (Lipinski definition) is 6. The lowest BCUT2D eigenvalue weighted by atomic mass is 10.0. The number of likely N-dealkylation sites (tertiary alicyclic amines) is 1. The van der Waals surface area contributed by atoms with Gasteiger partial charge in [0.15, 0.2) is 5.82 Å². The Morgan fingerprint density at radius 2 is 2.00 bits per heavy atom. The summed E-state index contributed by atoms with van der Waals surface area (Å²) in [6.45, 7) is 5.83. The number of methoxy groups -OCH3 is 1. The zero-order chi connectivity index (χ0) is 23.0. The second-order valence-electron chi connectivity index (χ2n) is 8.98. The molecule has 8 heteroatoms. The lowest BCUT2D eigenvalue weighted by Crippen LogP contribution is -2.45. The lowest BCUT2D eigenvalue weighted by molar-refractivity contribution is -0.149. The number of rotatable bonds is 5. The first-order valence-electron chi connectivity index (χ1n) is 11.0. The molecule has 2 amide bonds. The van der Waals surface area contributed by atoms with Crippen LogP contribution in [0.2, 0.25) is 0 Å². The van der Waals surface area contributed by atoms with Crippen LogP contribution in [0.1, 0.15) is 61.8 Å². The van der Waals surface area contributed by atoms with E-state index in [1.807, 2.05) is 31.2 Å². The number of ether oxygens (including phenoxy) is 1. The monoisotopic (exact) mass is 438 g/mol. The molecule has 0 bridgehead atoms. The van der Waals surface area contributed by atoms with Crippen LogP contribution in [-0.4, -0.2) is 51.0 Å². The molecule has 1 aromatic carbocycles. The van der Waals surface area contributed by atoms with E-state index >= 15 is 0 Å². The summed E-state index contributed by atoms with van der Waals surface area (Å²) < 4.78 is 5.47. The zero-order valence-electron chi connectivity index (χ0n) is 19.1. The van der Waals surface area contributed by atoms with Crippen molar-refractivity contribution in [2.75, 3.05) is 18.6 Å². The van der Waals surface area contributed by atoms with E-state index < -0.39 is 5.60 Å². The fourth-order valence-electron chi connectivity index (χ4n) is 4.55. The number of carbonyl (C=O) groups excluding carboxylic acids is 2. The van der Waals surface area contributed by atoms with Gasteiger partial charge in [-0.1, -0.05) is 18.2 Å². The van der Waals surface area contributed by atoms with E-state index in [4.69, 9.17) is 14.7 Å². The number of aromatic nitrogens is 2. The van der Waals surface area contributed by atoms with E-state index in [1.165, 1.54) is 13.8 Å². The van der Waals surface area contributed by atoms with Gasteiger partial charge in [-0.05, 0) is 46.1 Å². The van der Waals surface area contributed by atoms with Crippen LogP contribution in [0.15, 0.2) is 24.3 Å². The number of para-hydroxylation sites is 1. The number of aryl methyl sites for hydroxylation is 1. The first-order chi connectivity index (χ1) is 15.2. The molecule has 170 valence electrons. The van der Waals surface area contributed by atoms with Crippen LogP contribution >= 0.6 is 0 Å². The maximum absolute atomic E-state index is 12.9. The van der Waals surface area contributed by atoms with Gasteiger partial charge in [-0.3, -0.25) is 14.5 Å². The number of benzene rings is 1. The van der Waals surface area contributed by atoms with Gasteiger partial charge in [0, 0.05) is 29.8 Å². The minimum atomic E-state index is -1.46. The van der Waals surface area contributed by atoms with Gasteiger partial charge in [-0.15, -0.1) is 0 Å². The molecule has 0 spiro atoms. The van der Waals surface area contributed by atoms with E-state index in [0.29, 0.717) is 37.6 Å². The van der Waals surface area contributed by atoms with Crippen molar-refractivity contribution in [3.8, 4) is 5.75 Å². The van der Waals surface area contributed by atoms with Crippen molar-refractivity contribution in [2.24, 2.45) is 0 Å². The van der Waals surface area contributed by atoms with Crippen LogP contribution in [0.3, 0.4) is 0 Å². The van der Waals surface area contributed by atoms with Crippen molar-refractivity contribution in [2.45, 2.75) is 64.6 Å². The van der Waals surface area contributed by atoms with Crippen LogP contribution < -0.4 is 9.64 Å². The second-order valence-corrected chi connectivity index (χ2v) is 8.98. The number of hydrogen-bond donors (Lipinski definition) is 1. The first-order valence-corrected chi connectivity index (χ1v) is 11.0. The summed E-state index contributed by atoms with van der Waals surface area (Å²) in [4.78, 5) is 38.7. The van der Waals surface area contributed by atoms with Gasteiger partial charge in [-0.2, -0.15) is 0 Å². The Labute approximate surface area is 188 Å². The molecule has 0 radical (unpaired) electrons. The van der Waals surface area contributed by atoms with Crippen LogP contribution in [0.25, 0.3) is 0 Å². The zero-order valence-corrected chi connectivity index (χ0v) is 19.1. The lowest BCUT2D eigenvalue weighted by Gasteiger charge is -2.32. The third-order valence-corrected chi connectivity index (χ3v) is 6.21. The summed E-state index contributed by atoms with van der Waals surface area (Å²) in [5, 5.41) is 10.3. The van der Waals surface area contributed by atoms with E-state index in [2.05, 4.69) is 0 Å². The molecule has 1 fully saturated rings. The third kappa shape index (κ3) is 4.07. The normalized spacial score (nSPS) is 18.7. The maximum atomic E-state index is 12.9. The topological polar surface area (TPSA) is 95.9 Å². The summed E-state index contributed by atoms with van der Waals surface area (Å²) in [7, 11) is 1.61. The molecule has 0 aliphatic carbocycles. The molecule has 1 atom stereocenters. The van der Waals surface area contributed by atoms with E-state index in [0.717, 1.165) is 35.4 Å². The van der Waals surface area contributed by atoms with Crippen molar-refractivity contribution in [1.82, 2.24) is 14.9 Å². The molecule has 0 unspecified atom stereocenters. The highest BCUT2D eigenvalue weighted by atomic mass is 16.5. The molecule has 1 saturated heterocycles. The Balaban J connectivity index is 1.73. The molecule has 1 N–H and O–H groups in total.